The van der Waals surface area contributed by atoms with Crippen molar-refractivity contribution in [3.8, 4) is 17.6 Å². The third kappa shape index (κ3) is 1.58. The zero-order valence-electron chi connectivity index (χ0n) is 7.51. The minimum absolute atomic E-state index is 0.316. The van der Waals surface area contributed by atoms with Crippen molar-refractivity contribution in [2.45, 2.75) is 0 Å². The van der Waals surface area contributed by atoms with Crippen LogP contribution in [0.15, 0.2) is 18.3 Å². The van der Waals surface area contributed by atoms with E-state index in [1.165, 1.54) is 10.9 Å². The molecule has 0 aromatic carbocycles. The number of aromatic nitrogens is 4. The van der Waals surface area contributed by atoms with Gasteiger partial charge in [0.05, 0.1) is 5.56 Å². The van der Waals surface area contributed by atoms with Gasteiger partial charge in [-0.2, -0.15) is 10.4 Å². The molecular formula is C8H6N6S. The van der Waals surface area contributed by atoms with Crippen LogP contribution < -0.4 is 5.84 Å². The molecule has 0 radical (unpaired) electrons. The van der Waals surface area contributed by atoms with Gasteiger partial charge in [0.15, 0.2) is 5.82 Å². The fourth-order valence-electron chi connectivity index (χ4n) is 1.08. The average molecular weight is 218 g/mol. The first-order valence-corrected chi connectivity index (χ1v) is 4.42. The smallest absolute Gasteiger partial charge is 0.214 e. The van der Waals surface area contributed by atoms with Gasteiger partial charge >= 0.3 is 0 Å². The Labute approximate surface area is 90.0 Å². The summed E-state index contributed by atoms with van der Waals surface area (Å²) in [5.74, 6) is 6.05. The van der Waals surface area contributed by atoms with Gasteiger partial charge in [-0.25, -0.2) is 9.77 Å². The molecule has 0 saturated carbocycles. The highest BCUT2D eigenvalue weighted by molar-refractivity contribution is 7.71. The lowest BCUT2D eigenvalue weighted by atomic mass is 10.2. The molecule has 2 rings (SSSR count). The maximum Gasteiger partial charge on any atom is 0.214 e. The Kier molecular flexibility index (Phi) is 2.19. The third-order valence-electron chi connectivity index (χ3n) is 1.83. The molecule has 0 fully saturated rings. The highest BCUT2D eigenvalue weighted by Crippen LogP contribution is 2.12. The van der Waals surface area contributed by atoms with Crippen LogP contribution in [-0.4, -0.2) is 19.9 Å². The van der Waals surface area contributed by atoms with E-state index in [9.17, 15) is 0 Å². The number of hydrogen-bond donors (Lipinski definition) is 2. The van der Waals surface area contributed by atoms with Crippen LogP contribution in [-0.2, 0) is 0 Å². The van der Waals surface area contributed by atoms with Gasteiger partial charge in [-0.1, -0.05) is 0 Å². The predicted molar refractivity (Wildman–Crippen MR) is 55.5 cm³/mol. The molecule has 7 heteroatoms. The number of nitrogen functional groups attached to an aromatic ring is 1. The third-order valence-corrected chi connectivity index (χ3v) is 2.11. The number of hydrogen-bond acceptors (Lipinski definition) is 5. The zero-order valence-corrected chi connectivity index (χ0v) is 8.32. The molecule has 6 nitrogen and oxygen atoms in total. The first-order valence-electron chi connectivity index (χ1n) is 4.01. The van der Waals surface area contributed by atoms with Crippen molar-refractivity contribution in [3.05, 3.63) is 28.7 Å². The molecule has 0 aliphatic heterocycles. The highest BCUT2D eigenvalue weighted by Gasteiger charge is 2.07. The van der Waals surface area contributed by atoms with Crippen LogP contribution in [0.4, 0.5) is 0 Å². The van der Waals surface area contributed by atoms with E-state index < -0.39 is 0 Å². The molecule has 0 atom stereocenters. The molecule has 0 aliphatic rings. The standard InChI is InChI=1S/C8H6N6S/c9-3-5-1-2-6(11-4-5)7-12-13-8(15)14(7)10/h1-2,4H,10H2,(H,13,15). The summed E-state index contributed by atoms with van der Waals surface area (Å²) < 4.78 is 1.54. The van der Waals surface area contributed by atoms with Crippen LogP contribution in [0, 0.1) is 16.1 Å². The second-order valence-corrected chi connectivity index (χ2v) is 3.15. The summed E-state index contributed by atoms with van der Waals surface area (Å²) in [6.45, 7) is 0. The van der Waals surface area contributed by atoms with Gasteiger partial charge in [0, 0.05) is 6.20 Å². The number of nitriles is 1. The van der Waals surface area contributed by atoms with Gasteiger partial charge in [0.2, 0.25) is 4.77 Å². The normalized spacial score (nSPS) is 9.80. The van der Waals surface area contributed by atoms with Gasteiger partial charge in [-0.15, -0.1) is 0 Å². The van der Waals surface area contributed by atoms with Crippen molar-refractivity contribution in [2.24, 2.45) is 0 Å². The van der Waals surface area contributed by atoms with Gasteiger partial charge < -0.3 is 5.84 Å². The van der Waals surface area contributed by atoms with Crippen molar-refractivity contribution in [1.29, 1.82) is 5.26 Å². The fourth-order valence-corrected chi connectivity index (χ4v) is 1.21. The summed E-state index contributed by atoms with van der Waals surface area (Å²) in [7, 11) is 0. The lowest BCUT2D eigenvalue weighted by molar-refractivity contribution is 0.977. The maximum atomic E-state index is 8.60. The molecule has 0 amide bonds. The van der Waals surface area contributed by atoms with Crippen molar-refractivity contribution >= 4 is 12.2 Å². The lowest BCUT2D eigenvalue weighted by Gasteiger charge is -1.98. The first-order chi connectivity index (χ1) is 7.22. The van der Waals surface area contributed by atoms with Crippen molar-refractivity contribution in [3.63, 3.8) is 0 Å². The average Bonchev–Trinajstić information content (AvgIpc) is 2.60. The highest BCUT2D eigenvalue weighted by atomic mass is 32.1. The van der Waals surface area contributed by atoms with E-state index in [1.54, 1.807) is 12.1 Å². The molecule has 0 aliphatic carbocycles. The number of aromatic amines is 1. The summed E-state index contributed by atoms with van der Waals surface area (Å²) in [6, 6.07) is 5.27. The summed E-state index contributed by atoms with van der Waals surface area (Å²) >= 11 is 4.86. The van der Waals surface area contributed by atoms with Crippen LogP contribution in [0.25, 0.3) is 11.5 Å². The molecule has 15 heavy (non-hydrogen) atoms. The Morgan fingerprint density at radius 1 is 1.53 bits per heavy atom. The number of H-pyrrole nitrogens is 1. The maximum absolute atomic E-state index is 8.60. The van der Waals surface area contributed by atoms with Gasteiger partial charge in [0.1, 0.15) is 11.8 Å². The van der Waals surface area contributed by atoms with E-state index in [0.29, 0.717) is 21.9 Å². The van der Waals surface area contributed by atoms with Crippen LogP contribution in [0.1, 0.15) is 5.56 Å². The van der Waals surface area contributed by atoms with E-state index in [4.69, 9.17) is 23.3 Å². The fraction of sp³-hybridized carbons (Fsp3) is 0. The van der Waals surface area contributed by atoms with E-state index >= 15 is 0 Å². The monoisotopic (exact) mass is 218 g/mol. The van der Waals surface area contributed by atoms with Crippen molar-refractivity contribution in [2.75, 3.05) is 5.84 Å². The second kappa shape index (κ2) is 3.51. The van der Waals surface area contributed by atoms with E-state index in [2.05, 4.69) is 15.2 Å². The van der Waals surface area contributed by atoms with Crippen molar-refractivity contribution in [1.82, 2.24) is 19.9 Å². The topological polar surface area (TPSA) is 96.3 Å². The zero-order chi connectivity index (χ0) is 10.8. The molecule has 2 aromatic heterocycles. The predicted octanol–water partition coefficient (Wildman–Crippen LogP) is 0.588. The molecule has 0 bridgehead atoms. The lowest BCUT2D eigenvalue weighted by Crippen LogP contribution is -2.10. The molecule has 2 aromatic rings. The van der Waals surface area contributed by atoms with Crippen LogP contribution in [0.3, 0.4) is 0 Å². The summed E-state index contributed by atoms with van der Waals surface area (Å²) in [5.41, 5.74) is 1.04. The van der Waals surface area contributed by atoms with Crippen LogP contribution in [0.2, 0.25) is 0 Å². The minimum Gasteiger partial charge on any atom is -0.335 e. The molecule has 3 N–H and O–H groups in total. The summed E-state index contributed by atoms with van der Waals surface area (Å²) in [6.07, 6.45) is 1.45. The first kappa shape index (κ1) is 9.36. The Hall–Kier alpha value is -2.20. The Balaban J connectivity index is 2.51. The molecule has 2 heterocycles. The Morgan fingerprint density at radius 2 is 2.33 bits per heavy atom. The SMILES string of the molecule is N#Cc1ccc(-c2n[nH]c(=S)n2N)nc1. The van der Waals surface area contributed by atoms with Gasteiger partial charge in [-0.05, 0) is 24.4 Å². The van der Waals surface area contributed by atoms with Crippen LogP contribution in [0.5, 0.6) is 0 Å². The molecule has 0 unspecified atom stereocenters. The number of nitrogens with zero attached hydrogens (tertiary/aromatic N) is 4. The molecule has 74 valence electrons. The molecular weight excluding hydrogens is 212 g/mol. The number of nitrogens with one attached hydrogen (secondary N) is 1. The second-order valence-electron chi connectivity index (χ2n) is 2.77. The number of rotatable bonds is 1. The Morgan fingerprint density at radius 3 is 2.80 bits per heavy atom. The van der Waals surface area contributed by atoms with E-state index in [-0.39, 0.29) is 0 Å². The van der Waals surface area contributed by atoms with Crippen molar-refractivity contribution < 1.29 is 0 Å². The molecule has 0 spiro atoms. The number of nitrogens with two attached hydrogens (primary N) is 1. The van der Waals surface area contributed by atoms with Gasteiger partial charge in [-0.3, -0.25) is 4.98 Å². The summed E-state index contributed by atoms with van der Waals surface area (Å²) in [5, 5.41) is 15.1. The summed E-state index contributed by atoms with van der Waals surface area (Å²) in [4.78, 5) is 4.04. The largest absolute Gasteiger partial charge is 0.335 e. The van der Waals surface area contributed by atoms with Crippen LogP contribution >= 0.6 is 12.2 Å². The minimum atomic E-state index is 0.316. The van der Waals surface area contributed by atoms with E-state index in [0.717, 1.165) is 0 Å². The van der Waals surface area contributed by atoms with E-state index in [1.807, 2.05) is 6.07 Å². The Bertz CT molecular complexity index is 572. The van der Waals surface area contributed by atoms with Gasteiger partial charge in [0.25, 0.3) is 0 Å². The molecule has 0 saturated heterocycles. The number of pyridine rings is 1. The quantitative estimate of drug-likeness (QED) is 0.539.